The molecule has 1 atom stereocenters. The highest BCUT2D eigenvalue weighted by molar-refractivity contribution is 8.00. The van der Waals surface area contributed by atoms with Gasteiger partial charge in [-0.25, -0.2) is 5.43 Å². The number of benzene rings is 1. The van der Waals surface area contributed by atoms with Crippen LogP contribution in [0.5, 0.6) is 0 Å². The van der Waals surface area contributed by atoms with Crippen molar-refractivity contribution in [2.24, 2.45) is 5.10 Å². The van der Waals surface area contributed by atoms with Crippen LogP contribution < -0.4 is 10.7 Å². The first-order valence-electron chi connectivity index (χ1n) is 9.49. The van der Waals surface area contributed by atoms with Crippen molar-refractivity contribution in [1.82, 2.24) is 25.2 Å². The first-order chi connectivity index (χ1) is 15.1. The Kier molecular flexibility index (Phi) is 8.19. The van der Waals surface area contributed by atoms with Gasteiger partial charge in [-0.15, -0.1) is 16.8 Å². The monoisotopic (exact) mass is 455 g/mol. The van der Waals surface area contributed by atoms with Crippen LogP contribution in [0.1, 0.15) is 18.3 Å². The van der Waals surface area contributed by atoms with E-state index in [0.29, 0.717) is 23.3 Å². The smallest absolute Gasteiger partial charge is 0.253 e. The molecule has 0 saturated carbocycles. The lowest BCUT2D eigenvalue weighted by atomic mass is 10.3. The summed E-state index contributed by atoms with van der Waals surface area (Å²) in [7, 11) is 0. The maximum Gasteiger partial charge on any atom is 0.253 e. The molecule has 0 spiro atoms. The Bertz CT molecular complexity index is 1040. The summed E-state index contributed by atoms with van der Waals surface area (Å²) in [4.78, 5) is 16.4. The van der Waals surface area contributed by atoms with Crippen molar-refractivity contribution < 1.29 is 4.79 Å². The molecule has 2 aromatic heterocycles. The summed E-state index contributed by atoms with van der Waals surface area (Å²) in [6, 6.07) is 11.1. The molecule has 0 radical (unpaired) electrons. The van der Waals surface area contributed by atoms with E-state index in [9.17, 15) is 4.79 Å². The van der Waals surface area contributed by atoms with Crippen molar-refractivity contribution in [3.63, 3.8) is 0 Å². The number of rotatable bonds is 10. The van der Waals surface area contributed by atoms with Gasteiger partial charge in [0.05, 0.1) is 18.0 Å². The summed E-state index contributed by atoms with van der Waals surface area (Å²) in [5, 5.41) is 16.7. The number of nitrogens with zero attached hydrogens (tertiary/aromatic N) is 5. The van der Waals surface area contributed by atoms with E-state index in [4.69, 9.17) is 11.6 Å². The fraction of sp³-hybridized carbons (Fsp3) is 0.190. The molecule has 3 rings (SSSR count). The van der Waals surface area contributed by atoms with E-state index < -0.39 is 5.25 Å². The van der Waals surface area contributed by atoms with E-state index in [-0.39, 0.29) is 5.91 Å². The second-order valence-corrected chi connectivity index (χ2v) is 8.18. The van der Waals surface area contributed by atoms with Crippen LogP contribution in [-0.4, -0.2) is 37.1 Å². The van der Waals surface area contributed by atoms with E-state index in [2.05, 4.69) is 37.6 Å². The van der Waals surface area contributed by atoms with Crippen LogP contribution in [0.4, 0.5) is 5.69 Å². The molecule has 2 heterocycles. The number of aromatic nitrogens is 4. The molecule has 0 aliphatic heterocycles. The van der Waals surface area contributed by atoms with Crippen LogP contribution in [0.25, 0.3) is 0 Å². The fourth-order valence-electron chi connectivity index (χ4n) is 2.52. The SMILES string of the molecule is C=CCn1c(CNc2ccc(Cl)cc2)nnc1S[C@@H](C)C(=O)N/N=C\c1cccnc1. The molecule has 0 aliphatic carbocycles. The molecule has 8 nitrogen and oxygen atoms in total. The van der Waals surface area contributed by atoms with Crippen LogP contribution in [0.2, 0.25) is 5.02 Å². The summed E-state index contributed by atoms with van der Waals surface area (Å²) in [5.74, 6) is 0.499. The zero-order valence-electron chi connectivity index (χ0n) is 16.9. The molecule has 2 N–H and O–H groups in total. The van der Waals surface area contributed by atoms with Gasteiger partial charge in [0.2, 0.25) is 0 Å². The molecule has 10 heteroatoms. The Balaban J connectivity index is 1.60. The normalized spacial score (nSPS) is 11.9. The molecule has 3 aromatic rings. The average Bonchev–Trinajstić information content (AvgIpc) is 3.15. The summed E-state index contributed by atoms with van der Waals surface area (Å²) in [5.41, 5.74) is 4.26. The maximum atomic E-state index is 12.4. The average molecular weight is 456 g/mol. The predicted molar refractivity (Wildman–Crippen MR) is 124 cm³/mol. The van der Waals surface area contributed by atoms with Gasteiger partial charge in [0.1, 0.15) is 0 Å². The number of hydrogen-bond acceptors (Lipinski definition) is 7. The molecular formula is C21H22ClN7OS. The number of carbonyl (C=O) groups excluding carboxylic acids is 1. The van der Waals surface area contributed by atoms with Crippen molar-refractivity contribution in [2.45, 2.75) is 30.4 Å². The second kappa shape index (κ2) is 11.3. The van der Waals surface area contributed by atoms with Crippen LogP contribution >= 0.6 is 23.4 Å². The van der Waals surface area contributed by atoms with Crippen LogP contribution in [0, 0.1) is 0 Å². The van der Waals surface area contributed by atoms with Gasteiger partial charge in [-0.05, 0) is 37.3 Å². The summed E-state index contributed by atoms with van der Waals surface area (Å²) in [6.07, 6.45) is 6.64. The molecule has 0 unspecified atom stereocenters. The van der Waals surface area contributed by atoms with Gasteiger partial charge in [0.15, 0.2) is 11.0 Å². The summed E-state index contributed by atoms with van der Waals surface area (Å²) >= 11 is 7.23. The molecule has 1 aromatic carbocycles. The number of nitrogens with one attached hydrogen (secondary N) is 2. The number of anilines is 1. The van der Waals surface area contributed by atoms with Gasteiger partial charge in [0.25, 0.3) is 5.91 Å². The second-order valence-electron chi connectivity index (χ2n) is 6.44. The molecule has 0 bridgehead atoms. The van der Waals surface area contributed by atoms with Crippen LogP contribution in [-0.2, 0) is 17.9 Å². The molecular weight excluding hydrogens is 434 g/mol. The number of hydrazone groups is 1. The summed E-state index contributed by atoms with van der Waals surface area (Å²) < 4.78 is 1.92. The number of allylic oxidation sites excluding steroid dienone is 1. The summed E-state index contributed by atoms with van der Waals surface area (Å²) in [6.45, 7) is 6.59. The first kappa shape index (κ1) is 22.5. The zero-order valence-corrected chi connectivity index (χ0v) is 18.5. The van der Waals surface area contributed by atoms with Gasteiger partial charge in [0, 0.05) is 35.2 Å². The van der Waals surface area contributed by atoms with Crippen molar-refractivity contribution in [2.75, 3.05) is 5.32 Å². The van der Waals surface area contributed by atoms with E-state index in [1.807, 2.05) is 34.9 Å². The number of thioether (sulfide) groups is 1. The quantitative estimate of drug-likeness (QED) is 0.209. The highest BCUT2D eigenvalue weighted by Crippen LogP contribution is 2.23. The molecule has 0 fully saturated rings. The minimum Gasteiger partial charge on any atom is -0.378 e. The molecule has 1 amide bonds. The molecule has 0 saturated heterocycles. The van der Waals surface area contributed by atoms with Crippen molar-refractivity contribution in [1.29, 1.82) is 0 Å². The Morgan fingerprint density at radius 3 is 2.84 bits per heavy atom. The van der Waals surface area contributed by atoms with Crippen molar-refractivity contribution >= 4 is 41.2 Å². The van der Waals surface area contributed by atoms with Gasteiger partial charge >= 0.3 is 0 Å². The Labute approximate surface area is 189 Å². The molecule has 160 valence electrons. The Morgan fingerprint density at radius 2 is 2.13 bits per heavy atom. The Hall–Kier alpha value is -3.17. The zero-order chi connectivity index (χ0) is 22.1. The highest BCUT2D eigenvalue weighted by Gasteiger charge is 2.19. The molecule has 31 heavy (non-hydrogen) atoms. The third kappa shape index (κ3) is 6.66. The number of hydrogen-bond donors (Lipinski definition) is 2. The maximum absolute atomic E-state index is 12.4. The lowest BCUT2D eigenvalue weighted by molar-refractivity contribution is -0.120. The minimum absolute atomic E-state index is 0.237. The Morgan fingerprint density at radius 1 is 1.32 bits per heavy atom. The molecule has 0 aliphatic rings. The fourth-order valence-corrected chi connectivity index (χ4v) is 3.52. The van der Waals surface area contributed by atoms with E-state index in [1.54, 1.807) is 37.7 Å². The minimum atomic E-state index is -0.420. The van der Waals surface area contributed by atoms with E-state index in [1.165, 1.54) is 11.8 Å². The standard InChI is InChI=1S/C21H22ClN7OS/c1-3-11-29-19(14-24-18-8-6-17(22)7-9-18)26-28-21(29)31-15(2)20(30)27-25-13-16-5-4-10-23-12-16/h3-10,12-13,15,24H,1,11,14H2,2H3,(H,27,30)/b25-13-/t15-/m0/s1. The van der Waals surface area contributed by atoms with Crippen molar-refractivity contribution in [3.8, 4) is 0 Å². The highest BCUT2D eigenvalue weighted by atomic mass is 35.5. The number of amides is 1. The number of halogens is 1. The van der Waals surface area contributed by atoms with E-state index >= 15 is 0 Å². The van der Waals surface area contributed by atoms with Gasteiger partial charge in [-0.2, -0.15) is 5.10 Å². The number of carbonyl (C=O) groups is 1. The number of pyridine rings is 1. The van der Waals surface area contributed by atoms with Crippen molar-refractivity contribution in [3.05, 3.63) is 77.9 Å². The predicted octanol–water partition coefficient (Wildman–Crippen LogP) is 3.76. The largest absolute Gasteiger partial charge is 0.378 e. The lowest BCUT2D eigenvalue weighted by Crippen LogP contribution is -2.27. The van der Waals surface area contributed by atoms with Gasteiger partial charge in [-0.3, -0.25) is 9.78 Å². The van der Waals surface area contributed by atoms with Gasteiger partial charge < -0.3 is 9.88 Å². The van der Waals surface area contributed by atoms with Gasteiger partial charge in [-0.1, -0.05) is 35.5 Å². The van der Waals surface area contributed by atoms with E-state index in [0.717, 1.165) is 17.1 Å². The third-order valence-corrected chi connectivity index (χ3v) is 5.46. The van der Waals surface area contributed by atoms with Crippen LogP contribution in [0.15, 0.2) is 71.7 Å². The lowest BCUT2D eigenvalue weighted by Gasteiger charge is -2.12. The van der Waals surface area contributed by atoms with Crippen LogP contribution in [0.3, 0.4) is 0 Å². The topological polar surface area (TPSA) is 97.1 Å². The third-order valence-electron chi connectivity index (χ3n) is 4.12. The first-order valence-corrected chi connectivity index (χ1v) is 10.7.